The minimum atomic E-state index is -3.77. The van der Waals surface area contributed by atoms with Crippen molar-refractivity contribution < 1.29 is 17.6 Å². The van der Waals surface area contributed by atoms with Gasteiger partial charge < -0.3 is 9.73 Å². The van der Waals surface area contributed by atoms with Crippen LogP contribution in [0.25, 0.3) is 0 Å². The van der Waals surface area contributed by atoms with E-state index in [9.17, 15) is 13.2 Å². The highest BCUT2D eigenvalue weighted by Gasteiger charge is 2.25. The summed E-state index contributed by atoms with van der Waals surface area (Å²) in [7, 11) is -3.77. The molecule has 0 saturated carbocycles. The van der Waals surface area contributed by atoms with E-state index < -0.39 is 16.1 Å². The number of rotatable bonds is 12. The smallest absolute Gasteiger partial charge is 0.241 e. The molecule has 0 fully saturated rings. The van der Waals surface area contributed by atoms with Crippen molar-refractivity contribution in [2.45, 2.75) is 63.3 Å². The first kappa shape index (κ1) is 22.2. The van der Waals surface area contributed by atoms with Crippen molar-refractivity contribution in [3.63, 3.8) is 0 Å². The Labute approximate surface area is 167 Å². The first-order valence-electron chi connectivity index (χ1n) is 9.81. The van der Waals surface area contributed by atoms with Gasteiger partial charge in [-0.25, -0.2) is 8.42 Å². The van der Waals surface area contributed by atoms with Crippen molar-refractivity contribution in [1.29, 1.82) is 0 Å². The molecular weight excluding hydrogens is 376 g/mol. The van der Waals surface area contributed by atoms with Gasteiger partial charge in [0.1, 0.15) is 5.76 Å². The molecule has 1 amide bonds. The number of nitrogens with one attached hydrogen (secondary N) is 2. The number of carbonyl (C=O) groups is 1. The van der Waals surface area contributed by atoms with Crippen molar-refractivity contribution >= 4 is 15.9 Å². The summed E-state index contributed by atoms with van der Waals surface area (Å²) >= 11 is 0. The van der Waals surface area contributed by atoms with Crippen LogP contribution in [0.4, 0.5) is 0 Å². The van der Waals surface area contributed by atoms with Crippen LogP contribution in [0.15, 0.2) is 52.0 Å². The van der Waals surface area contributed by atoms with Gasteiger partial charge >= 0.3 is 0 Å². The van der Waals surface area contributed by atoms with Gasteiger partial charge in [0.2, 0.25) is 15.9 Å². The third-order valence-corrected chi connectivity index (χ3v) is 5.99. The lowest BCUT2D eigenvalue weighted by atomic mass is 10.1. The van der Waals surface area contributed by atoms with E-state index in [-0.39, 0.29) is 17.2 Å². The first-order valence-corrected chi connectivity index (χ1v) is 11.3. The predicted octanol–water partition coefficient (Wildman–Crippen LogP) is 4.08. The maximum atomic E-state index is 12.7. The minimum absolute atomic E-state index is 0.0203. The highest BCUT2D eigenvalue weighted by atomic mass is 32.2. The van der Waals surface area contributed by atoms with Gasteiger partial charge in [-0.1, -0.05) is 50.3 Å². The maximum Gasteiger partial charge on any atom is 0.241 e. The predicted molar refractivity (Wildman–Crippen MR) is 109 cm³/mol. The molecule has 7 heteroatoms. The van der Waals surface area contributed by atoms with Crippen molar-refractivity contribution in [1.82, 2.24) is 10.0 Å². The number of hydrogen-bond donors (Lipinski definition) is 2. The molecule has 0 aliphatic carbocycles. The largest absolute Gasteiger partial charge is 0.468 e. The summed E-state index contributed by atoms with van der Waals surface area (Å²) in [6.45, 7) is 4.65. The summed E-state index contributed by atoms with van der Waals surface area (Å²) in [5.41, 5.74) is 0.972. The molecule has 2 N–H and O–H groups in total. The molecule has 0 aliphatic heterocycles. The van der Waals surface area contributed by atoms with E-state index in [1.807, 2.05) is 6.92 Å². The molecule has 1 aromatic carbocycles. The molecule has 1 heterocycles. The van der Waals surface area contributed by atoms with Crippen LogP contribution in [-0.4, -0.2) is 20.9 Å². The summed E-state index contributed by atoms with van der Waals surface area (Å²) in [5.74, 6) is 0.206. The molecule has 154 valence electrons. The summed E-state index contributed by atoms with van der Waals surface area (Å²) < 4.78 is 33.4. The Balaban J connectivity index is 1.97. The van der Waals surface area contributed by atoms with Gasteiger partial charge in [0.05, 0.1) is 23.6 Å². The number of hydrogen-bond acceptors (Lipinski definition) is 4. The molecule has 2 rings (SSSR count). The number of unbranched alkanes of at least 4 members (excludes halogenated alkanes) is 4. The first-order chi connectivity index (χ1) is 13.4. The highest BCUT2D eigenvalue weighted by molar-refractivity contribution is 7.89. The Morgan fingerprint density at radius 1 is 1.07 bits per heavy atom. The fourth-order valence-electron chi connectivity index (χ4n) is 2.88. The molecule has 1 aromatic heterocycles. The second kappa shape index (κ2) is 11.0. The Morgan fingerprint density at radius 3 is 2.43 bits per heavy atom. The topological polar surface area (TPSA) is 88.4 Å². The molecule has 0 bridgehead atoms. The molecule has 1 atom stereocenters. The second-order valence-electron chi connectivity index (χ2n) is 6.97. The fraction of sp³-hybridized carbons (Fsp3) is 0.476. The van der Waals surface area contributed by atoms with E-state index in [0.29, 0.717) is 12.3 Å². The van der Waals surface area contributed by atoms with Crippen molar-refractivity contribution in [3.05, 3.63) is 54.0 Å². The van der Waals surface area contributed by atoms with E-state index in [0.717, 1.165) is 24.8 Å². The van der Waals surface area contributed by atoms with E-state index in [4.69, 9.17) is 4.42 Å². The standard InChI is InChI=1S/C21H30N2O4S/c1-3-4-5-6-7-14-22-21(24)16-19(20-9-8-15-27-20)23-28(25,26)18-12-10-17(2)11-13-18/h8-13,15,19,23H,3-7,14,16H2,1-2H3,(H,22,24)/t19-/m0/s1. The van der Waals surface area contributed by atoms with Crippen molar-refractivity contribution in [2.24, 2.45) is 0 Å². The zero-order chi connectivity index (χ0) is 20.4. The van der Waals surface area contributed by atoms with E-state index in [2.05, 4.69) is 17.0 Å². The lowest BCUT2D eigenvalue weighted by Crippen LogP contribution is -2.34. The molecular formula is C21H30N2O4S. The van der Waals surface area contributed by atoms with Crippen LogP contribution in [-0.2, 0) is 14.8 Å². The number of carbonyl (C=O) groups excluding carboxylic acids is 1. The van der Waals surface area contributed by atoms with Crippen LogP contribution >= 0.6 is 0 Å². The summed E-state index contributed by atoms with van der Waals surface area (Å²) in [6.07, 6.45) is 7.00. The number of sulfonamides is 1. The zero-order valence-electron chi connectivity index (χ0n) is 16.6. The molecule has 0 unspecified atom stereocenters. The quantitative estimate of drug-likeness (QED) is 0.520. The SMILES string of the molecule is CCCCCCCNC(=O)C[C@H](NS(=O)(=O)c1ccc(C)cc1)c1ccco1. The summed E-state index contributed by atoms with van der Waals surface area (Å²) in [5, 5.41) is 2.87. The molecule has 0 saturated heterocycles. The summed E-state index contributed by atoms with van der Waals surface area (Å²) in [4.78, 5) is 12.5. The lowest BCUT2D eigenvalue weighted by molar-refractivity contribution is -0.121. The van der Waals surface area contributed by atoms with Gasteiger partial charge in [0.15, 0.2) is 0 Å². The van der Waals surface area contributed by atoms with Gasteiger partial charge in [-0.3, -0.25) is 4.79 Å². The van der Waals surface area contributed by atoms with Crippen LogP contribution < -0.4 is 10.0 Å². The van der Waals surface area contributed by atoms with Gasteiger partial charge in [0.25, 0.3) is 0 Å². The number of furan rings is 1. The molecule has 6 nitrogen and oxygen atoms in total. The minimum Gasteiger partial charge on any atom is -0.468 e. The zero-order valence-corrected chi connectivity index (χ0v) is 17.4. The highest BCUT2D eigenvalue weighted by Crippen LogP contribution is 2.21. The van der Waals surface area contributed by atoms with E-state index in [1.165, 1.54) is 19.1 Å². The van der Waals surface area contributed by atoms with Gasteiger partial charge in [-0.2, -0.15) is 4.72 Å². The van der Waals surface area contributed by atoms with Crippen LogP contribution in [0.2, 0.25) is 0 Å². The number of aryl methyl sites for hydroxylation is 1. The Morgan fingerprint density at radius 2 is 1.79 bits per heavy atom. The molecule has 0 radical (unpaired) electrons. The van der Waals surface area contributed by atoms with Gasteiger partial charge in [-0.15, -0.1) is 0 Å². The fourth-order valence-corrected chi connectivity index (χ4v) is 4.08. The second-order valence-corrected chi connectivity index (χ2v) is 8.68. The molecule has 0 aliphatic rings. The molecule has 0 spiro atoms. The maximum absolute atomic E-state index is 12.7. The average Bonchev–Trinajstić information content (AvgIpc) is 3.19. The normalized spacial score (nSPS) is 12.6. The van der Waals surface area contributed by atoms with E-state index in [1.54, 1.807) is 36.4 Å². The molecule has 2 aromatic rings. The monoisotopic (exact) mass is 406 g/mol. The van der Waals surface area contributed by atoms with Crippen LogP contribution in [0.3, 0.4) is 0 Å². The van der Waals surface area contributed by atoms with Crippen molar-refractivity contribution in [3.8, 4) is 0 Å². The van der Waals surface area contributed by atoms with Crippen molar-refractivity contribution in [2.75, 3.05) is 6.54 Å². The van der Waals surface area contributed by atoms with Crippen LogP contribution in [0, 0.1) is 6.92 Å². The lowest BCUT2D eigenvalue weighted by Gasteiger charge is -2.17. The number of benzene rings is 1. The Bertz CT molecular complexity index is 815. The third kappa shape index (κ3) is 7.13. The number of amides is 1. The van der Waals surface area contributed by atoms with Gasteiger partial charge in [-0.05, 0) is 37.6 Å². The van der Waals surface area contributed by atoms with Crippen LogP contribution in [0.1, 0.15) is 62.8 Å². The Hall–Kier alpha value is -2.12. The van der Waals surface area contributed by atoms with E-state index >= 15 is 0 Å². The summed E-state index contributed by atoms with van der Waals surface area (Å²) in [6, 6.07) is 9.15. The average molecular weight is 407 g/mol. The third-order valence-electron chi connectivity index (χ3n) is 4.51. The van der Waals surface area contributed by atoms with Crippen LogP contribution in [0.5, 0.6) is 0 Å². The molecule has 28 heavy (non-hydrogen) atoms. The Kier molecular flexibility index (Phi) is 8.73. The van der Waals surface area contributed by atoms with Gasteiger partial charge in [0, 0.05) is 6.54 Å².